The summed E-state index contributed by atoms with van der Waals surface area (Å²) in [5, 5.41) is 3.58. The number of nitrogens with one attached hydrogen (secondary N) is 1. The first-order valence-corrected chi connectivity index (χ1v) is 9.67. The van der Waals surface area contributed by atoms with E-state index in [1.54, 1.807) is 24.3 Å². The summed E-state index contributed by atoms with van der Waals surface area (Å²) in [6.07, 6.45) is 0. The van der Waals surface area contributed by atoms with Crippen LogP contribution in [0.5, 0.6) is 5.75 Å². The lowest BCUT2D eigenvalue weighted by Gasteiger charge is -2.16. The quantitative estimate of drug-likeness (QED) is 0.551. The van der Waals surface area contributed by atoms with Crippen LogP contribution in [0.4, 0.5) is 0 Å². The van der Waals surface area contributed by atoms with E-state index in [1.165, 1.54) is 0 Å². The van der Waals surface area contributed by atoms with Crippen LogP contribution >= 0.6 is 11.6 Å². The van der Waals surface area contributed by atoms with E-state index in [-0.39, 0.29) is 18.6 Å². The maximum Gasteiger partial charge on any atom is 0.258 e. The summed E-state index contributed by atoms with van der Waals surface area (Å²) in [5.41, 5.74) is 1.92. The van der Waals surface area contributed by atoms with Gasteiger partial charge in [-0.25, -0.2) is 4.98 Å². The van der Waals surface area contributed by atoms with Crippen LogP contribution in [-0.2, 0) is 16.1 Å². The molecule has 1 atom stereocenters. The molecule has 1 N–H and O–H groups in total. The maximum atomic E-state index is 12.3. The third-order valence-electron chi connectivity index (χ3n) is 4.30. The highest BCUT2D eigenvalue weighted by Gasteiger charge is 2.18. The predicted molar refractivity (Wildman–Crippen MR) is 110 cm³/mol. The molecule has 0 spiro atoms. The molecular weight excluding hydrogens is 378 g/mol. The van der Waals surface area contributed by atoms with E-state index in [4.69, 9.17) is 26.1 Å². The van der Waals surface area contributed by atoms with Crippen LogP contribution in [0, 0.1) is 0 Å². The molecule has 0 radical (unpaired) electrons. The SMILES string of the molecule is CCOCCn1c(C(C)NC(=O)COc2ccc(Cl)cc2)nc2ccccc21. The summed E-state index contributed by atoms with van der Waals surface area (Å²) in [4.78, 5) is 17.0. The van der Waals surface area contributed by atoms with Gasteiger partial charge in [0.25, 0.3) is 5.91 Å². The first-order chi connectivity index (χ1) is 13.6. The van der Waals surface area contributed by atoms with Crippen molar-refractivity contribution in [2.24, 2.45) is 0 Å². The first-order valence-electron chi connectivity index (χ1n) is 9.29. The molecule has 0 aliphatic carbocycles. The van der Waals surface area contributed by atoms with E-state index in [9.17, 15) is 4.79 Å². The standard InChI is InChI=1S/C21H24ClN3O3/c1-3-27-13-12-25-19-7-5-4-6-18(19)24-21(25)15(2)23-20(26)14-28-17-10-8-16(22)9-11-17/h4-11,15H,3,12-14H2,1-2H3,(H,23,26). The number of fused-ring (bicyclic) bond motifs is 1. The molecule has 1 unspecified atom stereocenters. The number of carbonyl (C=O) groups is 1. The number of aromatic nitrogens is 2. The van der Waals surface area contributed by atoms with Gasteiger partial charge in [0.1, 0.15) is 11.6 Å². The minimum absolute atomic E-state index is 0.0782. The molecule has 7 heteroatoms. The van der Waals surface area contributed by atoms with Crippen molar-refractivity contribution in [1.29, 1.82) is 0 Å². The number of imidazole rings is 1. The molecule has 2 aromatic carbocycles. The summed E-state index contributed by atoms with van der Waals surface area (Å²) in [7, 11) is 0. The van der Waals surface area contributed by atoms with Crippen molar-refractivity contribution < 1.29 is 14.3 Å². The number of para-hydroxylation sites is 2. The van der Waals surface area contributed by atoms with Crippen molar-refractivity contribution >= 4 is 28.5 Å². The van der Waals surface area contributed by atoms with E-state index < -0.39 is 0 Å². The largest absolute Gasteiger partial charge is 0.484 e. The molecular formula is C21H24ClN3O3. The van der Waals surface area contributed by atoms with Crippen LogP contribution in [0.3, 0.4) is 0 Å². The van der Waals surface area contributed by atoms with Crippen molar-refractivity contribution in [3.63, 3.8) is 0 Å². The summed E-state index contributed by atoms with van der Waals surface area (Å²) < 4.78 is 13.1. The Morgan fingerprint density at radius 1 is 1.21 bits per heavy atom. The molecule has 6 nitrogen and oxygen atoms in total. The van der Waals surface area contributed by atoms with Gasteiger partial charge in [0, 0.05) is 18.2 Å². The lowest BCUT2D eigenvalue weighted by Crippen LogP contribution is -2.32. The van der Waals surface area contributed by atoms with Crippen LogP contribution in [0.1, 0.15) is 25.7 Å². The van der Waals surface area contributed by atoms with Crippen LogP contribution in [0.2, 0.25) is 5.02 Å². The fourth-order valence-corrected chi connectivity index (χ4v) is 3.11. The number of amides is 1. The topological polar surface area (TPSA) is 65.4 Å². The summed E-state index contributed by atoms with van der Waals surface area (Å²) >= 11 is 5.85. The smallest absolute Gasteiger partial charge is 0.258 e. The van der Waals surface area contributed by atoms with Gasteiger partial charge in [-0.2, -0.15) is 0 Å². The van der Waals surface area contributed by atoms with Crippen LogP contribution in [0.25, 0.3) is 11.0 Å². The number of hydrogen-bond donors (Lipinski definition) is 1. The van der Waals surface area contributed by atoms with Crippen molar-refractivity contribution in [2.75, 3.05) is 19.8 Å². The van der Waals surface area contributed by atoms with Crippen LogP contribution in [0.15, 0.2) is 48.5 Å². The van der Waals surface area contributed by atoms with E-state index in [2.05, 4.69) is 9.88 Å². The van der Waals surface area contributed by atoms with Crippen molar-refractivity contribution in [1.82, 2.24) is 14.9 Å². The number of hydrogen-bond acceptors (Lipinski definition) is 4. The maximum absolute atomic E-state index is 12.3. The third-order valence-corrected chi connectivity index (χ3v) is 4.55. The number of nitrogens with zero attached hydrogens (tertiary/aromatic N) is 2. The second-order valence-electron chi connectivity index (χ2n) is 6.34. The predicted octanol–water partition coefficient (Wildman–Crippen LogP) is 3.98. The molecule has 3 aromatic rings. The molecule has 0 fully saturated rings. The van der Waals surface area contributed by atoms with Gasteiger partial charge in [-0.15, -0.1) is 0 Å². The van der Waals surface area contributed by atoms with Gasteiger partial charge in [-0.3, -0.25) is 4.79 Å². The molecule has 1 aromatic heterocycles. The van der Waals surface area contributed by atoms with E-state index in [0.29, 0.717) is 30.5 Å². The zero-order chi connectivity index (χ0) is 19.9. The monoisotopic (exact) mass is 401 g/mol. The summed E-state index contributed by atoms with van der Waals surface area (Å²) in [6.45, 7) is 5.73. The normalized spacial score (nSPS) is 12.1. The minimum atomic E-state index is -0.268. The van der Waals surface area contributed by atoms with Crippen molar-refractivity contribution in [3.05, 3.63) is 59.4 Å². The van der Waals surface area contributed by atoms with Crippen LogP contribution in [-0.4, -0.2) is 35.3 Å². The molecule has 0 saturated carbocycles. The highest BCUT2D eigenvalue weighted by Crippen LogP contribution is 2.21. The first kappa shape index (κ1) is 20.2. The molecule has 28 heavy (non-hydrogen) atoms. The lowest BCUT2D eigenvalue weighted by molar-refractivity contribution is -0.123. The Morgan fingerprint density at radius 3 is 2.71 bits per heavy atom. The van der Waals surface area contributed by atoms with Gasteiger partial charge in [0.05, 0.1) is 23.7 Å². The Hall–Kier alpha value is -2.57. The number of carbonyl (C=O) groups excluding carboxylic acids is 1. The van der Waals surface area contributed by atoms with E-state index >= 15 is 0 Å². The zero-order valence-electron chi connectivity index (χ0n) is 16.0. The van der Waals surface area contributed by atoms with Gasteiger partial charge in [-0.1, -0.05) is 23.7 Å². The van der Waals surface area contributed by atoms with Gasteiger partial charge in [0.15, 0.2) is 6.61 Å². The Morgan fingerprint density at radius 2 is 1.96 bits per heavy atom. The average molecular weight is 402 g/mol. The highest BCUT2D eigenvalue weighted by atomic mass is 35.5. The van der Waals surface area contributed by atoms with Gasteiger partial charge < -0.3 is 19.4 Å². The highest BCUT2D eigenvalue weighted by molar-refractivity contribution is 6.30. The Bertz CT molecular complexity index is 924. The second kappa shape index (κ2) is 9.57. The molecule has 1 heterocycles. The molecule has 0 aliphatic rings. The zero-order valence-corrected chi connectivity index (χ0v) is 16.8. The number of benzene rings is 2. The van der Waals surface area contributed by atoms with Crippen molar-refractivity contribution in [2.45, 2.75) is 26.4 Å². The van der Waals surface area contributed by atoms with Gasteiger partial charge >= 0.3 is 0 Å². The minimum Gasteiger partial charge on any atom is -0.484 e. The third kappa shape index (κ3) is 5.03. The molecule has 0 bridgehead atoms. The number of halogens is 1. The summed E-state index contributed by atoms with van der Waals surface area (Å²) in [5.74, 6) is 1.17. The Balaban J connectivity index is 1.67. The Kier molecular flexibility index (Phi) is 6.90. The van der Waals surface area contributed by atoms with Gasteiger partial charge in [0.2, 0.25) is 0 Å². The lowest BCUT2D eigenvalue weighted by atomic mass is 10.3. The summed E-state index contributed by atoms with van der Waals surface area (Å²) in [6, 6.07) is 14.6. The van der Waals surface area contributed by atoms with Gasteiger partial charge in [-0.05, 0) is 50.2 Å². The number of ether oxygens (including phenoxy) is 2. The molecule has 0 aliphatic heterocycles. The number of rotatable bonds is 9. The molecule has 148 valence electrons. The van der Waals surface area contributed by atoms with E-state index in [1.807, 2.05) is 38.1 Å². The molecule has 3 rings (SSSR count). The van der Waals surface area contributed by atoms with Crippen molar-refractivity contribution in [3.8, 4) is 5.75 Å². The average Bonchev–Trinajstić information content (AvgIpc) is 3.07. The molecule has 1 amide bonds. The Labute approximate surface area is 169 Å². The molecule has 0 saturated heterocycles. The van der Waals surface area contributed by atoms with Crippen LogP contribution < -0.4 is 10.1 Å². The second-order valence-corrected chi connectivity index (χ2v) is 6.78. The van der Waals surface area contributed by atoms with E-state index in [0.717, 1.165) is 16.9 Å². The fraction of sp³-hybridized carbons (Fsp3) is 0.333. The fourth-order valence-electron chi connectivity index (χ4n) is 2.99.